The lowest BCUT2D eigenvalue weighted by Gasteiger charge is -2.27. The molecule has 1 heterocycles. The third kappa shape index (κ3) is 1.39. The molecule has 0 amide bonds. The number of nitrogens with two attached hydrogens (primary N) is 1. The largest absolute Gasteiger partial charge is 0.386 e. The molecule has 0 bridgehead atoms. The van der Waals surface area contributed by atoms with Crippen LogP contribution >= 0.6 is 0 Å². The van der Waals surface area contributed by atoms with Gasteiger partial charge in [0.25, 0.3) is 0 Å². The Bertz CT molecular complexity index is 168. The number of nitrogens with one attached hydrogen (secondary N) is 1. The van der Waals surface area contributed by atoms with Crippen LogP contribution in [-0.2, 0) is 0 Å². The molecule has 1 aliphatic rings. The zero-order valence-electron chi connectivity index (χ0n) is 6.46. The van der Waals surface area contributed by atoms with Crippen LogP contribution in [0.1, 0.15) is 13.8 Å². The summed E-state index contributed by atoms with van der Waals surface area (Å²) in [5.74, 6) is 0. The lowest BCUT2D eigenvalue weighted by Crippen LogP contribution is -2.50. The molecule has 0 fully saturated rings. The second kappa shape index (κ2) is 2.46. The molecule has 0 spiro atoms. The fourth-order valence-corrected chi connectivity index (χ4v) is 0.842. The van der Waals surface area contributed by atoms with Crippen LogP contribution in [0.3, 0.4) is 0 Å². The number of rotatable bonds is 0. The third-order valence-corrected chi connectivity index (χ3v) is 1.94. The van der Waals surface area contributed by atoms with Gasteiger partial charge in [-0.3, -0.25) is 0 Å². The first-order valence-corrected chi connectivity index (χ1v) is 3.52. The van der Waals surface area contributed by atoms with Gasteiger partial charge in [-0.2, -0.15) is 0 Å². The predicted octanol–water partition coefficient (Wildman–Crippen LogP) is 0.765. The van der Waals surface area contributed by atoms with Crippen LogP contribution in [0.15, 0.2) is 24.4 Å². The molecular weight excluding hydrogens is 124 g/mol. The van der Waals surface area contributed by atoms with E-state index in [1.54, 1.807) is 0 Å². The van der Waals surface area contributed by atoms with E-state index < -0.39 is 0 Å². The van der Waals surface area contributed by atoms with Crippen molar-refractivity contribution in [3.8, 4) is 0 Å². The number of allylic oxidation sites excluding steroid dienone is 2. The Labute approximate surface area is 61.8 Å². The summed E-state index contributed by atoms with van der Waals surface area (Å²) in [6.07, 6.45) is 7.85. The number of hydrogen-bond donors (Lipinski definition) is 2. The molecule has 2 heteroatoms. The zero-order chi connectivity index (χ0) is 7.61. The van der Waals surface area contributed by atoms with E-state index in [2.05, 4.69) is 12.2 Å². The molecule has 0 aromatic heterocycles. The van der Waals surface area contributed by atoms with Gasteiger partial charge >= 0.3 is 0 Å². The summed E-state index contributed by atoms with van der Waals surface area (Å²) in [7, 11) is 0. The van der Waals surface area contributed by atoms with Gasteiger partial charge in [0.2, 0.25) is 0 Å². The van der Waals surface area contributed by atoms with Crippen molar-refractivity contribution in [1.82, 2.24) is 5.32 Å². The van der Waals surface area contributed by atoms with E-state index in [1.165, 1.54) is 0 Å². The molecule has 0 radical (unpaired) electrons. The van der Waals surface area contributed by atoms with Crippen LogP contribution in [0.5, 0.6) is 0 Å². The molecule has 3 N–H and O–H groups in total. The third-order valence-electron chi connectivity index (χ3n) is 1.94. The Balaban J connectivity index is 2.76. The zero-order valence-corrected chi connectivity index (χ0v) is 6.46. The molecule has 56 valence electrons. The van der Waals surface area contributed by atoms with E-state index >= 15 is 0 Å². The van der Waals surface area contributed by atoms with E-state index in [4.69, 9.17) is 5.73 Å². The summed E-state index contributed by atoms with van der Waals surface area (Å²) in [6.45, 7) is 4.08. The average Bonchev–Trinajstić information content (AvgIpc) is 1.96. The summed E-state index contributed by atoms with van der Waals surface area (Å²) in [6, 6.07) is 0.294. The van der Waals surface area contributed by atoms with Crippen molar-refractivity contribution < 1.29 is 0 Å². The second-order valence-corrected chi connectivity index (χ2v) is 2.97. The minimum atomic E-state index is -0.233. The van der Waals surface area contributed by atoms with Crippen LogP contribution in [0.4, 0.5) is 0 Å². The highest BCUT2D eigenvalue weighted by Crippen LogP contribution is 2.09. The van der Waals surface area contributed by atoms with Crippen LogP contribution in [-0.4, -0.2) is 11.6 Å². The molecular formula is C8H14N2. The molecule has 2 unspecified atom stereocenters. The van der Waals surface area contributed by atoms with Gasteiger partial charge in [-0.25, -0.2) is 0 Å². The highest BCUT2D eigenvalue weighted by atomic mass is 15.0. The number of hydrogen-bond acceptors (Lipinski definition) is 2. The van der Waals surface area contributed by atoms with Crippen molar-refractivity contribution in [1.29, 1.82) is 0 Å². The van der Waals surface area contributed by atoms with Crippen LogP contribution in [0.25, 0.3) is 0 Å². The average molecular weight is 138 g/mol. The second-order valence-electron chi connectivity index (χ2n) is 2.97. The standard InChI is InChI=1S/C8H14N2/c1-7-8(2,9)5-3-4-6-10-7/h3-7,10H,9H2,1-2H3. The summed E-state index contributed by atoms with van der Waals surface area (Å²) in [5.41, 5.74) is 5.70. The molecule has 0 saturated heterocycles. The normalized spacial score (nSPS) is 38.9. The first-order chi connectivity index (χ1) is 4.63. The smallest absolute Gasteiger partial charge is 0.0515 e. The highest BCUT2D eigenvalue weighted by Gasteiger charge is 2.22. The highest BCUT2D eigenvalue weighted by molar-refractivity contribution is 5.17. The van der Waals surface area contributed by atoms with E-state index in [9.17, 15) is 0 Å². The monoisotopic (exact) mass is 138 g/mol. The maximum Gasteiger partial charge on any atom is 0.0515 e. The molecule has 0 aromatic carbocycles. The SMILES string of the molecule is CC1NC=CC=CC1(C)N. The van der Waals surface area contributed by atoms with Gasteiger partial charge in [0.1, 0.15) is 0 Å². The Morgan fingerprint density at radius 1 is 1.50 bits per heavy atom. The molecule has 2 atom stereocenters. The van der Waals surface area contributed by atoms with Crippen molar-refractivity contribution >= 4 is 0 Å². The lowest BCUT2D eigenvalue weighted by atomic mass is 9.95. The van der Waals surface area contributed by atoms with Gasteiger partial charge < -0.3 is 11.1 Å². The quantitative estimate of drug-likeness (QED) is 0.519. The van der Waals surface area contributed by atoms with Gasteiger partial charge in [-0.15, -0.1) is 0 Å². The van der Waals surface area contributed by atoms with Crippen molar-refractivity contribution in [2.24, 2.45) is 5.73 Å². The Morgan fingerprint density at radius 2 is 2.20 bits per heavy atom. The Hall–Kier alpha value is -0.760. The van der Waals surface area contributed by atoms with Gasteiger partial charge in [0, 0.05) is 6.04 Å². The first kappa shape index (κ1) is 7.35. The predicted molar refractivity (Wildman–Crippen MR) is 43.5 cm³/mol. The van der Waals surface area contributed by atoms with Crippen molar-refractivity contribution in [2.75, 3.05) is 0 Å². The van der Waals surface area contributed by atoms with Crippen molar-refractivity contribution in [2.45, 2.75) is 25.4 Å². The maximum atomic E-state index is 5.93. The van der Waals surface area contributed by atoms with Gasteiger partial charge in [-0.1, -0.05) is 12.2 Å². The summed E-state index contributed by atoms with van der Waals surface area (Å²) < 4.78 is 0. The molecule has 10 heavy (non-hydrogen) atoms. The van der Waals surface area contributed by atoms with Gasteiger partial charge in [0.15, 0.2) is 0 Å². The topological polar surface area (TPSA) is 38.0 Å². The summed E-state index contributed by atoms with van der Waals surface area (Å²) in [5, 5.41) is 3.17. The Morgan fingerprint density at radius 3 is 2.90 bits per heavy atom. The molecule has 2 nitrogen and oxygen atoms in total. The van der Waals surface area contributed by atoms with Gasteiger partial charge in [-0.05, 0) is 26.1 Å². The van der Waals surface area contributed by atoms with Crippen molar-refractivity contribution in [3.63, 3.8) is 0 Å². The van der Waals surface area contributed by atoms with E-state index in [0.717, 1.165) is 0 Å². The van der Waals surface area contributed by atoms with E-state index in [0.29, 0.717) is 6.04 Å². The maximum absolute atomic E-state index is 5.93. The molecule has 0 saturated carbocycles. The molecule has 0 aromatic rings. The summed E-state index contributed by atoms with van der Waals surface area (Å²) in [4.78, 5) is 0. The minimum Gasteiger partial charge on any atom is -0.386 e. The van der Waals surface area contributed by atoms with Crippen LogP contribution in [0, 0.1) is 0 Å². The van der Waals surface area contributed by atoms with Gasteiger partial charge in [0.05, 0.1) is 5.54 Å². The van der Waals surface area contributed by atoms with Crippen LogP contribution < -0.4 is 11.1 Å². The summed E-state index contributed by atoms with van der Waals surface area (Å²) >= 11 is 0. The van der Waals surface area contributed by atoms with Crippen LogP contribution in [0.2, 0.25) is 0 Å². The fraction of sp³-hybridized carbons (Fsp3) is 0.500. The minimum absolute atomic E-state index is 0.233. The molecule has 1 rings (SSSR count). The Kier molecular flexibility index (Phi) is 1.81. The van der Waals surface area contributed by atoms with E-state index in [1.807, 2.05) is 31.4 Å². The fourth-order valence-electron chi connectivity index (χ4n) is 0.842. The first-order valence-electron chi connectivity index (χ1n) is 3.52. The van der Waals surface area contributed by atoms with E-state index in [-0.39, 0.29) is 5.54 Å². The molecule has 1 aliphatic heterocycles. The van der Waals surface area contributed by atoms with Crippen molar-refractivity contribution in [3.05, 3.63) is 24.4 Å². The molecule has 0 aliphatic carbocycles. The lowest BCUT2D eigenvalue weighted by molar-refractivity contribution is 0.441.